The highest BCUT2D eigenvalue weighted by molar-refractivity contribution is 4.84. The lowest BCUT2D eigenvalue weighted by Gasteiger charge is -2.24. The molecule has 0 aromatic rings. The van der Waals surface area contributed by atoms with Crippen LogP contribution < -0.4 is 5.32 Å². The van der Waals surface area contributed by atoms with Crippen molar-refractivity contribution in [1.82, 2.24) is 5.32 Å². The third kappa shape index (κ3) is 2.43. The zero-order valence-electron chi connectivity index (χ0n) is 7.17. The zero-order valence-corrected chi connectivity index (χ0v) is 7.17. The monoisotopic (exact) mass is 159 g/mol. The lowest BCUT2D eigenvalue weighted by molar-refractivity contribution is 0.0100. The van der Waals surface area contributed by atoms with E-state index >= 15 is 0 Å². The number of hydrogen-bond acceptors (Lipinski definition) is 3. The first-order chi connectivity index (χ1) is 5.01. The molecule has 0 aromatic heterocycles. The van der Waals surface area contributed by atoms with E-state index in [1.807, 2.05) is 0 Å². The molecule has 0 bridgehead atoms. The molecule has 3 N–H and O–H groups in total. The number of rotatable bonds is 0. The van der Waals surface area contributed by atoms with Gasteiger partial charge in [-0.25, -0.2) is 0 Å². The molecule has 66 valence electrons. The van der Waals surface area contributed by atoms with Gasteiger partial charge >= 0.3 is 0 Å². The second-order valence-corrected chi connectivity index (χ2v) is 4.13. The quantitative estimate of drug-likeness (QED) is 0.456. The smallest absolute Gasteiger partial charge is 0.0923 e. The highest BCUT2D eigenvalue weighted by Crippen LogP contribution is 2.24. The molecule has 1 saturated heterocycles. The average molecular weight is 159 g/mol. The van der Waals surface area contributed by atoms with Gasteiger partial charge in [0.25, 0.3) is 0 Å². The second-order valence-electron chi connectivity index (χ2n) is 4.13. The molecule has 0 aliphatic carbocycles. The Labute approximate surface area is 67.4 Å². The minimum Gasteiger partial charge on any atom is -0.390 e. The Hall–Kier alpha value is -0.120. The van der Waals surface area contributed by atoms with Crippen LogP contribution in [0.3, 0.4) is 0 Å². The van der Waals surface area contributed by atoms with Crippen molar-refractivity contribution in [3.8, 4) is 0 Å². The number of nitrogens with one attached hydrogen (secondary N) is 1. The first-order valence-electron chi connectivity index (χ1n) is 4.08. The van der Waals surface area contributed by atoms with Gasteiger partial charge in [0.05, 0.1) is 12.2 Å². The van der Waals surface area contributed by atoms with E-state index in [4.69, 9.17) is 0 Å². The van der Waals surface area contributed by atoms with Gasteiger partial charge in [0.1, 0.15) is 0 Å². The van der Waals surface area contributed by atoms with Crippen LogP contribution in [0, 0.1) is 5.41 Å². The molecular formula is C8H17NO2. The van der Waals surface area contributed by atoms with Crippen LogP contribution in [0.1, 0.15) is 20.3 Å². The standard InChI is InChI=1S/C8H17NO2/c1-8(2)3-6(10)7(11)4-9-5-8/h6-7,9-11H,3-5H2,1-2H3/t6-,7+/m0/s1. The number of aliphatic hydroxyl groups excluding tert-OH is 2. The Bertz CT molecular complexity index is 136. The molecule has 1 aliphatic rings. The lowest BCUT2D eigenvalue weighted by atomic mass is 9.87. The normalized spacial score (nSPS) is 38.2. The summed E-state index contributed by atoms with van der Waals surface area (Å²) in [5, 5.41) is 21.8. The Morgan fingerprint density at radius 3 is 2.55 bits per heavy atom. The van der Waals surface area contributed by atoms with Crippen LogP contribution in [0.2, 0.25) is 0 Å². The van der Waals surface area contributed by atoms with Gasteiger partial charge in [0.2, 0.25) is 0 Å². The predicted octanol–water partition coefficient (Wildman–Crippen LogP) is -0.272. The molecule has 0 unspecified atom stereocenters. The summed E-state index contributed by atoms with van der Waals surface area (Å²) in [5.74, 6) is 0. The molecule has 3 heteroatoms. The summed E-state index contributed by atoms with van der Waals surface area (Å²) >= 11 is 0. The molecule has 1 aliphatic heterocycles. The van der Waals surface area contributed by atoms with Gasteiger partial charge in [-0.2, -0.15) is 0 Å². The first-order valence-corrected chi connectivity index (χ1v) is 4.08. The number of hydrogen-bond donors (Lipinski definition) is 3. The van der Waals surface area contributed by atoms with E-state index in [2.05, 4.69) is 19.2 Å². The Balaban J connectivity index is 2.55. The molecule has 11 heavy (non-hydrogen) atoms. The maximum absolute atomic E-state index is 9.40. The Morgan fingerprint density at radius 1 is 1.27 bits per heavy atom. The van der Waals surface area contributed by atoms with Gasteiger partial charge in [0.15, 0.2) is 0 Å². The van der Waals surface area contributed by atoms with Gasteiger partial charge in [-0.15, -0.1) is 0 Å². The van der Waals surface area contributed by atoms with Gasteiger partial charge in [-0.3, -0.25) is 0 Å². The van der Waals surface area contributed by atoms with Crippen molar-refractivity contribution in [3.63, 3.8) is 0 Å². The maximum atomic E-state index is 9.40. The summed E-state index contributed by atoms with van der Waals surface area (Å²) in [6.07, 6.45) is -0.502. The summed E-state index contributed by atoms with van der Waals surface area (Å²) in [6, 6.07) is 0. The summed E-state index contributed by atoms with van der Waals surface area (Å²) in [4.78, 5) is 0. The van der Waals surface area contributed by atoms with Crippen molar-refractivity contribution in [1.29, 1.82) is 0 Å². The molecule has 2 atom stereocenters. The van der Waals surface area contributed by atoms with Gasteiger partial charge in [-0.05, 0) is 11.8 Å². The van der Waals surface area contributed by atoms with Crippen molar-refractivity contribution in [2.24, 2.45) is 5.41 Å². The molecule has 0 amide bonds. The summed E-state index contributed by atoms with van der Waals surface area (Å²) in [5.41, 5.74) is 0.0941. The molecule has 1 heterocycles. The second kappa shape index (κ2) is 3.09. The largest absolute Gasteiger partial charge is 0.390 e. The van der Waals surface area contributed by atoms with Crippen LogP contribution in [-0.2, 0) is 0 Å². The topological polar surface area (TPSA) is 52.5 Å². The highest BCUT2D eigenvalue weighted by atomic mass is 16.3. The lowest BCUT2D eigenvalue weighted by Crippen LogP contribution is -2.32. The van der Waals surface area contributed by atoms with Crippen molar-refractivity contribution >= 4 is 0 Å². The fourth-order valence-corrected chi connectivity index (χ4v) is 1.47. The Morgan fingerprint density at radius 2 is 1.91 bits per heavy atom. The summed E-state index contributed by atoms with van der Waals surface area (Å²) in [6.45, 7) is 5.54. The van der Waals surface area contributed by atoms with Crippen LogP contribution in [0.15, 0.2) is 0 Å². The van der Waals surface area contributed by atoms with Gasteiger partial charge < -0.3 is 15.5 Å². The van der Waals surface area contributed by atoms with E-state index in [1.54, 1.807) is 0 Å². The van der Waals surface area contributed by atoms with E-state index in [-0.39, 0.29) is 5.41 Å². The van der Waals surface area contributed by atoms with Crippen molar-refractivity contribution in [2.45, 2.75) is 32.5 Å². The molecule has 0 spiro atoms. The van der Waals surface area contributed by atoms with Crippen LogP contribution in [0.25, 0.3) is 0 Å². The molecule has 3 nitrogen and oxygen atoms in total. The van der Waals surface area contributed by atoms with Crippen LogP contribution in [-0.4, -0.2) is 35.5 Å². The van der Waals surface area contributed by atoms with Crippen LogP contribution >= 0.6 is 0 Å². The van der Waals surface area contributed by atoms with Crippen molar-refractivity contribution in [3.05, 3.63) is 0 Å². The molecule has 0 radical (unpaired) electrons. The fraction of sp³-hybridized carbons (Fsp3) is 1.00. The van der Waals surface area contributed by atoms with E-state index in [9.17, 15) is 10.2 Å². The van der Waals surface area contributed by atoms with E-state index in [0.29, 0.717) is 13.0 Å². The van der Waals surface area contributed by atoms with Crippen LogP contribution in [0.4, 0.5) is 0 Å². The predicted molar refractivity (Wildman–Crippen MR) is 43.3 cm³/mol. The molecule has 1 rings (SSSR count). The zero-order chi connectivity index (χ0) is 8.48. The van der Waals surface area contributed by atoms with Crippen molar-refractivity contribution in [2.75, 3.05) is 13.1 Å². The van der Waals surface area contributed by atoms with Crippen molar-refractivity contribution < 1.29 is 10.2 Å². The van der Waals surface area contributed by atoms with E-state index in [0.717, 1.165) is 6.54 Å². The molecule has 0 aromatic carbocycles. The highest BCUT2D eigenvalue weighted by Gasteiger charge is 2.29. The third-order valence-corrected chi connectivity index (χ3v) is 2.16. The van der Waals surface area contributed by atoms with Crippen LogP contribution in [0.5, 0.6) is 0 Å². The van der Waals surface area contributed by atoms with Gasteiger partial charge in [-0.1, -0.05) is 13.8 Å². The minimum absolute atomic E-state index is 0.0941. The minimum atomic E-state index is -0.600. The molecular weight excluding hydrogens is 142 g/mol. The summed E-state index contributed by atoms with van der Waals surface area (Å²) < 4.78 is 0. The van der Waals surface area contributed by atoms with E-state index < -0.39 is 12.2 Å². The number of β-amino-alcohol motifs (C(OH)–C–C–N with tert-alkyl or cyclic N) is 1. The molecule has 1 fully saturated rings. The van der Waals surface area contributed by atoms with E-state index in [1.165, 1.54) is 0 Å². The van der Waals surface area contributed by atoms with Gasteiger partial charge in [0, 0.05) is 13.1 Å². The molecule has 0 saturated carbocycles. The number of aliphatic hydroxyl groups is 2. The SMILES string of the molecule is CC1(C)CNC[C@@H](O)[C@@H](O)C1. The fourth-order valence-electron chi connectivity index (χ4n) is 1.47. The summed E-state index contributed by atoms with van der Waals surface area (Å²) in [7, 11) is 0. The Kier molecular flexibility index (Phi) is 2.52. The third-order valence-electron chi connectivity index (χ3n) is 2.16. The average Bonchev–Trinajstić information content (AvgIpc) is 1.93. The first kappa shape index (κ1) is 8.97. The maximum Gasteiger partial charge on any atom is 0.0923 e.